The van der Waals surface area contributed by atoms with Crippen molar-refractivity contribution in [3.63, 3.8) is 0 Å². The van der Waals surface area contributed by atoms with Crippen molar-refractivity contribution < 1.29 is 4.79 Å². The number of piperazine rings is 1. The zero-order valence-electron chi connectivity index (χ0n) is 15.1. The van der Waals surface area contributed by atoms with Crippen molar-refractivity contribution in [2.24, 2.45) is 7.05 Å². The van der Waals surface area contributed by atoms with Crippen molar-refractivity contribution in [3.05, 3.63) is 66.2 Å². The van der Waals surface area contributed by atoms with E-state index in [1.165, 1.54) is 16.3 Å². The van der Waals surface area contributed by atoms with Gasteiger partial charge in [0.2, 0.25) is 5.91 Å². The SMILES string of the molecule is Cn1ccnc1C1CNCCN1C(=O)CCc1ccc2ccccc2c1. The zero-order valence-corrected chi connectivity index (χ0v) is 15.1. The van der Waals surface area contributed by atoms with Gasteiger partial charge in [-0.15, -0.1) is 0 Å². The molecule has 0 bridgehead atoms. The molecule has 1 fully saturated rings. The standard InChI is InChI=1S/C21H24N4O/c1-24-12-11-23-21(24)19-15-22-10-13-25(19)20(26)9-7-16-6-8-17-4-2-3-5-18(17)14-16/h2-6,8,11-12,14,19,22H,7,9-10,13,15H2,1H3. The van der Waals surface area contributed by atoms with Crippen LogP contribution in [-0.2, 0) is 18.3 Å². The van der Waals surface area contributed by atoms with E-state index in [9.17, 15) is 4.79 Å². The Bertz CT molecular complexity index is 917. The number of fused-ring (bicyclic) bond motifs is 1. The molecule has 26 heavy (non-hydrogen) atoms. The van der Waals surface area contributed by atoms with Crippen molar-refractivity contribution in [1.82, 2.24) is 19.8 Å². The molecule has 1 unspecified atom stereocenters. The predicted octanol–water partition coefficient (Wildman–Crippen LogP) is 2.68. The third-order valence-corrected chi connectivity index (χ3v) is 5.16. The Morgan fingerprint density at radius 2 is 2.08 bits per heavy atom. The maximum absolute atomic E-state index is 12.9. The van der Waals surface area contributed by atoms with Crippen molar-refractivity contribution >= 4 is 16.7 Å². The van der Waals surface area contributed by atoms with Gasteiger partial charge in [0.1, 0.15) is 11.9 Å². The lowest BCUT2D eigenvalue weighted by atomic mass is 10.0. The summed E-state index contributed by atoms with van der Waals surface area (Å²) in [5.41, 5.74) is 1.21. The molecule has 0 radical (unpaired) electrons. The number of aromatic nitrogens is 2. The molecule has 1 saturated heterocycles. The van der Waals surface area contributed by atoms with Crippen LogP contribution in [0.5, 0.6) is 0 Å². The molecule has 1 aliphatic rings. The van der Waals surface area contributed by atoms with Crippen molar-refractivity contribution in [3.8, 4) is 0 Å². The second-order valence-electron chi connectivity index (χ2n) is 6.88. The Labute approximate surface area is 153 Å². The lowest BCUT2D eigenvalue weighted by Gasteiger charge is -2.35. The molecule has 2 heterocycles. The highest BCUT2D eigenvalue weighted by atomic mass is 16.2. The fraction of sp³-hybridized carbons (Fsp3) is 0.333. The first-order valence-corrected chi connectivity index (χ1v) is 9.17. The van der Waals surface area contributed by atoms with Gasteiger partial charge in [-0.2, -0.15) is 0 Å². The number of aryl methyl sites for hydroxylation is 2. The number of hydrogen-bond donors (Lipinski definition) is 1. The van der Waals surface area contributed by atoms with E-state index in [0.717, 1.165) is 31.9 Å². The minimum Gasteiger partial charge on any atom is -0.336 e. The Morgan fingerprint density at radius 1 is 1.23 bits per heavy atom. The minimum atomic E-state index is 0.00727. The molecular formula is C21H24N4O. The molecule has 1 aromatic heterocycles. The first-order chi connectivity index (χ1) is 12.7. The lowest BCUT2D eigenvalue weighted by molar-refractivity contribution is -0.134. The number of hydrogen-bond acceptors (Lipinski definition) is 3. The molecule has 1 atom stereocenters. The van der Waals surface area contributed by atoms with Crippen LogP contribution in [0.1, 0.15) is 23.9 Å². The van der Waals surface area contributed by atoms with Crippen LogP contribution in [-0.4, -0.2) is 40.0 Å². The molecule has 4 rings (SSSR count). The average Bonchev–Trinajstić information content (AvgIpc) is 3.11. The Balaban J connectivity index is 1.46. The molecule has 134 valence electrons. The maximum atomic E-state index is 12.9. The fourth-order valence-corrected chi connectivity index (χ4v) is 3.72. The first kappa shape index (κ1) is 16.8. The first-order valence-electron chi connectivity index (χ1n) is 9.17. The van der Waals surface area contributed by atoms with E-state index in [4.69, 9.17) is 0 Å². The zero-order chi connectivity index (χ0) is 17.9. The molecule has 3 aromatic rings. The van der Waals surface area contributed by atoms with Gasteiger partial charge in [-0.25, -0.2) is 4.98 Å². The number of amides is 1. The lowest BCUT2D eigenvalue weighted by Crippen LogP contribution is -2.49. The van der Waals surface area contributed by atoms with Crippen LogP contribution < -0.4 is 5.32 Å². The Morgan fingerprint density at radius 3 is 2.88 bits per heavy atom. The van der Waals surface area contributed by atoms with Crippen LogP contribution in [0, 0.1) is 0 Å². The van der Waals surface area contributed by atoms with Crippen molar-refractivity contribution in [2.75, 3.05) is 19.6 Å². The van der Waals surface area contributed by atoms with Gasteiger partial charge in [-0.3, -0.25) is 4.79 Å². The summed E-state index contributed by atoms with van der Waals surface area (Å²) in [6.45, 7) is 2.32. The molecule has 5 heteroatoms. The van der Waals surface area contributed by atoms with Gasteiger partial charge in [0.25, 0.3) is 0 Å². The molecule has 0 aliphatic carbocycles. The van der Waals surface area contributed by atoms with Crippen LogP contribution in [0.15, 0.2) is 54.9 Å². The third-order valence-electron chi connectivity index (χ3n) is 5.16. The predicted molar refractivity (Wildman–Crippen MR) is 103 cm³/mol. The van der Waals surface area contributed by atoms with Crippen molar-refractivity contribution in [1.29, 1.82) is 0 Å². The fourth-order valence-electron chi connectivity index (χ4n) is 3.72. The van der Waals surface area contributed by atoms with E-state index < -0.39 is 0 Å². The number of rotatable bonds is 4. The van der Waals surface area contributed by atoms with Gasteiger partial charge in [-0.1, -0.05) is 42.5 Å². The van der Waals surface area contributed by atoms with Gasteiger partial charge in [-0.05, 0) is 22.8 Å². The highest BCUT2D eigenvalue weighted by Crippen LogP contribution is 2.22. The van der Waals surface area contributed by atoms with Crippen LogP contribution in [0.4, 0.5) is 0 Å². The van der Waals surface area contributed by atoms with Crippen LogP contribution in [0.25, 0.3) is 10.8 Å². The van der Waals surface area contributed by atoms with Crippen LogP contribution in [0.2, 0.25) is 0 Å². The topological polar surface area (TPSA) is 50.2 Å². The average molecular weight is 348 g/mol. The molecule has 0 saturated carbocycles. The summed E-state index contributed by atoms with van der Waals surface area (Å²) in [5, 5.41) is 5.84. The summed E-state index contributed by atoms with van der Waals surface area (Å²) in [5.74, 6) is 1.14. The molecule has 1 amide bonds. The molecule has 0 spiro atoms. The summed E-state index contributed by atoms with van der Waals surface area (Å²) in [4.78, 5) is 19.4. The molecule has 1 N–H and O–H groups in total. The monoisotopic (exact) mass is 348 g/mol. The smallest absolute Gasteiger partial charge is 0.223 e. The van der Waals surface area contributed by atoms with E-state index in [-0.39, 0.29) is 11.9 Å². The van der Waals surface area contributed by atoms with E-state index >= 15 is 0 Å². The second-order valence-corrected chi connectivity index (χ2v) is 6.88. The highest BCUT2D eigenvalue weighted by Gasteiger charge is 2.29. The number of imidazole rings is 1. The minimum absolute atomic E-state index is 0.00727. The summed E-state index contributed by atoms with van der Waals surface area (Å²) in [6, 6.07) is 14.8. The Hall–Kier alpha value is -2.66. The number of nitrogens with zero attached hydrogens (tertiary/aromatic N) is 3. The number of carbonyl (C=O) groups is 1. The van der Waals surface area contributed by atoms with Crippen molar-refractivity contribution in [2.45, 2.75) is 18.9 Å². The third kappa shape index (κ3) is 3.35. The van der Waals surface area contributed by atoms with Gasteiger partial charge < -0.3 is 14.8 Å². The van der Waals surface area contributed by atoms with Gasteiger partial charge in [0, 0.05) is 45.5 Å². The van der Waals surface area contributed by atoms with Crippen LogP contribution in [0.3, 0.4) is 0 Å². The summed E-state index contributed by atoms with van der Waals surface area (Å²) < 4.78 is 2.00. The molecule has 5 nitrogen and oxygen atoms in total. The van der Waals surface area contributed by atoms with E-state index in [1.54, 1.807) is 6.20 Å². The molecule has 2 aromatic carbocycles. The van der Waals surface area contributed by atoms with Gasteiger partial charge >= 0.3 is 0 Å². The van der Waals surface area contributed by atoms with Gasteiger partial charge in [0.05, 0.1) is 0 Å². The molecular weight excluding hydrogens is 324 g/mol. The summed E-state index contributed by atoms with van der Waals surface area (Å²) in [7, 11) is 1.98. The normalized spacial score (nSPS) is 17.6. The Kier molecular flexibility index (Phi) is 4.71. The largest absolute Gasteiger partial charge is 0.336 e. The van der Waals surface area contributed by atoms with E-state index in [1.807, 2.05) is 28.8 Å². The van der Waals surface area contributed by atoms with Crippen LogP contribution >= 0.6 is 0 Å². The maximum Gasteiger partial charge on any atom is 0.223 e. The highest BCUT2D eigenvalue weighted by molar-refractivity contribution is 5.83. The number of benzene rings is 2. The molecule has 1 aliphatic heterocycles. The summed E-state index contributed by atoms with van der Waals surface area (Å²) in [6.07, 6.45) is 5.02. The quantitative estimate of drug-likeness (QED) is 0.789. The number of carbonyl (C=O) groups excluding carboxylic acids is 1. The number of nitrogens with one attached hydrogen (secondary N) is 1. The summed E-state index contributed by atoms with van der Waals surface area (Å²) >= 11 is 0. The second kappa shape index (κ2) is 7.30. The van der Waals surface area contributed by atoms with Gasteiger partial charge in [0.15, 0.2) is 0 Å². The van der Waals surface area contributed by atoms with E-state index in [0.29, 0.717) is 6.42 Å². The van der Waals surface area contributed by atoms with E-state index in [2.05, 4.69) is 46.7 Å².